The Morgan fingerprint density at radius 1 is 1.17 bits per heavy atom. The fraction of sp³-hybridized carbons (Fsp3) is 0.478. The van der Waals surface area contributed by atoms with E-state index in [1.165, 1.54) is 0 Å². The summed E-state index contributed by atoms with van der Waals surface area (Å²) < 4.78 is 39.9. The maximum Gasteiger partial charge on any atom is 0.243 e. The number of hydrogen-bond acceptors (Lipinski definition) is 4. The lowest BCUT2D eigenvalue weighted by Gasteiger charge is -2.26. The van der Waals surface area contributed by atoms with Gasteiger partial charge in [-0.3, -0.25) is 0 Å². The van der Waals surface area contributed by atoms with Crippen LogP contribution in [0.3, 0.4) is 0 Å². The third-order valence-electron chi connectivity index (χ3n) is 5.52. The van der Waals surface area contributed by atoms with Crippen molar-refractivity contribution in [1.29, 1.82) is 0 Å². The first-order valence-corrected chi connectivity index (χ1v) is 11.7. The molecule has 6 heteroatoms. The minimum Gasteiger partial charge on any atom is -0.496 e. The predicted molar refractivity (Wildman–Crippen MR) is 115 cm³/mol. The second-order valence-corrected chi connectivity index (χ2v) is 9.65. The SMILES string of the molecule is CCOc1ccc([C@@H]2CCCN2S(=O)(=O)c2cc(C(C)C)c(OC)cc2C)cc1. The molecule has 0 aromatic heterocycles. The zero-order chi connectivity index (χ0) is 21.2. The molecule has 1 atom stereocenters. The molecule has 0 saturated carbocycles. The van der Waals surface area contributed by atoms with Gasteiger partial charge in [0.05, 0.1) is 24.7 Å². The van der Waals surface area contributed by atoms with Gasteiger partial charge in [-0.15, -0.1) is 0 Å². The number of benzene rings is 2. The Morgan fingerprint density at radius 3 is 2.45 bits per heavy atom. The van der Waals surface area contributed by atoms with E-state index in [2.05, 4.69) is 0 Å². The van der Waals surface area contributed by atoms with E-state index in [9.17, 15) is 8.42 Å². The molecule has 5 nitrogen and oxygen atoms in total. The minimum atomic E-state index is -3.62. The normalized spacial score (nSPS) is 17.7. The number of sulfonamides is 1. The summed E-state index contributed by atoms with van der Waals surface area (Å²) in [4.78, 5) is 0.375. The Labute approximate surface area is 174 Å². The lowest BCUT2D eigenvalue weighted by atomic mass is 10.0. The third-order valence-corrected chi connectivity index (χ3v) is 7.57. The van der Waals surface area contributed by atoms with Gasteiger partial charge in [0.15, 0.2) is 0 Å². The van der Waals surface area contributed by atoms with E-state index < -0.39 is 10.0 Å². The average Bonchev–Trinajstić information content (AvgIpc) is 3.19. The lowest BCUT2D eigenvalue weighted by Crippen LogP contribution is -2.31. The van der Waals surface area contributed by atoms with Gasteiger partial charge in [-0.1, -0.05) is 26.0 Å². The number of ether oxygens (including phenoxy) is 2. The average molecular weight is 418 g/mol. The van der Waals surface area contributed by atoms with Crippen LogP contribution in [0.15, 0.2) is 41.3 Å². The second kappa shape index (κ2) is 8.76. The van der Waals surface area contributed by atoms with Gasteiger partial charge >= 0.3 is 0 Å². The van der Waals surface area contributed by atoms with E-state index >= 15 is 0 Å². The highest BCUT2D eigenvalue weighted by Crippen LogP contribution is 2.39. The van der Waals surface area contributed by atoms with E-state index in [1.807, 2.05) is 58.0 Å². The minimum absolute atomic E-state index is 0.153. The molecule has 1 saturated heterocycles. The van der Waals surface area contributed by atoms with Crippen LogP contribution in [0, 0.1) is 6.92 Å². The van der Waals surface area contributed by atoms with Crippen molar-refractivity contribution in [3.05, 3.63) is 53.1 Å². The quantitative estimate of drug-likeness (QED) is 0.632. The summed E-state index contributed by atoms with van der Waals surface area (Å²) in [5.74, 6) is 1.71. The van der Waals surface area contributed by atoms with Crippen LogP contribution in [0.1, 0.15) is 62.3 Å². The molecule has 0 N–H and O–H groups in total. The highest BCUT2D eigenvalue weighted by atomic mass is 32.2. The number of aryl methyl sites for hydroxylation is 1. The Balaban J connectivity index is 1.99. The van der Waals surface area contributed by atoms with Gasteiger partial charge in [-0.25, -0.2) is 8.42 Å². The van der Waals surface area contributed by atoms with Crippen LogP contribution in [0.25, 0.3) is 0 Å². The number of methoxy groups -OCH3 is 1. The first-order valence-electron chi connectivity index (χ1n) is 10.2. The Hall–Kier alpha value is -2.05. The molecule has 1 fully saturated rings. The summed E-state index contributed by atoms with van der Waals surface area (Å²) in [5, 5.41) is 0. The molecule has 0 radical (unpaired) electrons. The summed E-state index contributed by atoms with van der Waals surface area (Å²) in [6.45, 7) is 9.01. The largest absolute Gasteiger partial charge is 0.496 e. The van der Waals surface area contributed by atoms with Crippen molar-refractivity contribution < 1.29 is 17.9 Å². The van der Waals surface area contributed by atoms with Crippen LogP contribution < -0.4 is 9.47 Å². The van der Waals surface area contributed by atoms with E-state index in [-0.39, 0.29) is 12.0 Å². The van der Waals surface area contributed by atoms with Crippen molar-refractivity contribution >= 4 is 10.0 Å². The lowest BCUT2D eigenvalue weighted by molar-refractivity contribution is 0.339. The zero-order valence-electron chi connectivity index (χ0n) is 17.9. The Morgan fingerprint density at radius 2 is 1.86 bits per heavy atom. The van der Waals surface area contributed by atoms with Crippen LogP contribution in [0.4, 0.5) is 0 Å². The fourth-order valence-electron chi connectivity index (χ4n) is 4.02. The van der Waals surface area contributed by atoms with Gasteiger partial charge in [0.2, 0.25) is 10.0 Å². The van der Waals surface area contributed by atoms with Crippen LogP contribution >= 0.6 is 0 Å². The number of hydrogen-bond donors (Lipinski definition) is 0. The Kier molecular flexibility index (Phi) is 6.54. The van der Waals surface area contributed by atoms with E-state index in [0.717, 1.165) is 35.5 Å². The third kappa shape index (κ3) is 4.28. The van der Waals surface area contributed by atoms with Crippen LogP contribution in [0.5, 0.6) is 11.5 Å². The smallest absolute Gasteiger partial charge is 0.243 e. The van der Waals surface area contributed by atoms with Crippen LogP contribution in [-0.4, -0.2) is 33.0 Å². The van der Waals surface area contributed by atoms with Crippen molar-refractivity contribution in [1.82, 2.24) is 4.31 Å². The molecule has 0 aliphatic carbocycles. The standard InChI is InChI=1S/C23H31NO4S/c1-6-28-19-11-9-18(10-12-19)21-8-7-13-24(21)29(25,26)23-15-20(16(2)3)22(27-5)14-17(23)4/h9-12,14-16,21H,6-8,13H2,1-5H3/t21-/m0/s1. The summed E-state index contributed by atoms with van der Waals surface area (Å²) in [5.41, 5.74) is 2.63. The number of rotatable bonds is 7. The molecular weight excluding hydrogens is 386 g/mol. The van der Waals surface area contributed by atoms with Gasteiger partial charge in [0, 0.05) is 6.54 Å². The van der Waals surface area contributed by atoms with E-state index in [0.29, 0.717) is 23.6 Å². The van der Waals surface area contributed by atoms with Gasteiger partial charge in [0.1, 0.15) is 11.5 Å². The first kappa shape index (κ1) is 21.7. The van der Waals surface area contributed by atoms with Crippen molar-refractivity contribution in [3.63, 3.8) is 0 Å². The maximum absolute atomic E-state index is 13.6. The van der Waals surface area contributed by atoms with Gasteiger partial charge in [0.25, 0.3) is 0 Å². The van der Waals surface area contributed by atoms with E-state index in [1.54, 1.807) is 17.5 Å². The van der Waals surface area contributed by atoms with Crippen LogP contribution in [0.2, 0.25) is 0 Å². The topological polar surface area (TPSA) is 55.8 Å². The molecule has 2 aromatic carbocycles. The van der Waals surface area contributed by atoms with E-state index in [4.69, 9.17) is 9.47 Å². The molecule has 0 spiro atoms. The molecule has 0 bridgehead atoms. The number of nitrogens with zero attached hydrogens (tertiary/aromatic N) is 1. The van der Waals surface area contributed by atoms with Gasteiger partial charge in [-0.05, 0) is 73.6 Å². The van der Waals surface area contributed by atoms with Crippen molar-refractivity contribution in [3.8, 4) is 11.5 Å². The highest BCUT2D eigenvalue weighted by Gasteiger charge is 2.37. The molecule has 29 heavy (non-hydrogen) atoms. The maximum atomic E-state index is 13.6. The fourth-order valence-corrected chi connectivity index (χ4v) is 5.95. The van der Waals surface area contributed by atoms with Gasteiger partial charge in [-0.2, -0.15) is 4.31 Å². The molecule has 1 heterocycles. The summed E-state index contributed by atoms with van der Waals surface area (Å²) >= 11 is 0. The van der Waals surface area contributed by atoms with Crippen molar-refractivity contribution in [2.45, 2.75) is 57.4 Å². The predicted octanol–water partition coefficient (Wildman–Crippen LogP) is 5.05. The molecule has 0 amide bonds. The molecule has 3 rings (SSSR count). The van der Waals surface area contributed by atoms with Crippen molar-refractivity contribution in [2.75, 3.05) is 20.3 Å². The van der Waals surface area contributed by atoms with Gasteiger partial charge < -0.3 is 9.47 Å². The Bertz CT molecular complexity index is 952. The summed E-state index contributed by atoms with van der Waals surface area (Å²) in [6.07, 6.45) is 1.67. The summed E-state index contributed by atoms with van der Waals surface area (Å²) in [7, 11) is -2.00. The van der Waals surface area contributed by atoms with Crippen LogP contribution in [-0.2, 0) is 10.0 Å². The first-order chi connectivity index (χ1) is 13.8. The highest BCUT2D eigenvalue weighted by molar-refractivity contribution is 7.89. The molecule has 158 valence electrons. The molecule has 1 aliphatic heterocycles. The zero-order valence-corrected chi connectivity index (χ0v) is 18.8. The van der Waals surface area contributed by atoms with Crippen molar-refractivity contribution in [2.24, 2.45) is 0 Å². The molecule has 1 aliphatic rings. The molecule has 2 aromatic rings. The molecule has 0 unspecified atom stereocenters. The second-order valence-electron chi connectivity index (χ2n) is 7.79. The summed E-state index contributed by atoms with van der Waals surface area (Å²) in [6, 6.07) is 11.3. The molecular formula is C23H31NO4S. The monoisotopic (exact) mass is 417 g/mol.